The van der Waals surface area contributed by atoms with Crippen LogP contribution in [0.25, 0.3) is 11.0 Å². The Bertz CT molecular complexity index is 823. The van der Waals surface area contributed by atoms with Gasteiger partial charge in [-0.05, 0) is 19.1 Å². The Hall–Kier alpha value is -2.74. The maximum absolute atomic E-state index is 10.6. The third-order valence-electron chi connectivity index (χ3n) is 3.47. The minimum atomic E-state index is -0.726. The third-order valence-corrected chi connectivity index (χ3v) is 3.47. The van der Waals surface area contributed by atoms with Crippen LogP contribution in [0.1, 0.15) is 5.82 Å². The first-order valence-corrected chi connectivity index (χ1v) is 6.81. The lowest BCUT2D eigenvalue weighted by Gasteiger charge is -2.13. The van der Waals surface area contributed by atoms with E-state index in [1.807, 2.05) is 35.8 Å². The van der Waals surface area contributed by atoms with Gasteiger partial charge in [0.15, 0.2) is 0 Å². The van der Waals surface area contributed by atoms with Gasteiger partial charge in [-0.1, -0.05) is 12.1 Å². The molecule has 0 unspecified atom stereocenters. The Morgan fingerprint density at radius 2 is 2.14 bits per heavy atom. The molecule has 114 valence electrons. The molecular formula is C14H15N5O3. The molecule has 0 aliphatic heterocycles. The van der Waals surface area contributed by atoms with Crippen molar-refractivity contribution in [2.75, 3.05) is 0 Å². The van der Waals surface area contributed by atoms with Gasteiger partial charge >= 0.3 is 5.69 Å². The molecule has 1 atom stereocenters. The second-order valence-electron chi connectivity index (χ2n) is 5.09. The number of rotatable bonds is 5. The summed E-state index contributed by atoms with van der Waals surface area (Å²) < 4.78 is 3.30. The molecule has 22 heavy (non-hydrogen) atoms. The first-order valence-electron chi connectivity index (χ1n) is 6.81. The number of hydrogen-bond acceptors (Lipinski definition) is 5. The van der Waals surface area contributed by atoms with Crippen molar-refractivity contribution in [1.29, 1.82) is 0 Å². The lowest BCUT2D eigenvalue weighted by Crippen LogP contribution is -2.23. The normalized spacial score (nSPS) is 12.6. The predicted molar refractivity (Wildman–Crippen MR) is 79.4 cm³/mol. The SMILES string of the molecule is Cc1nc2ccccc2n1C[C@H](O)Cn1cc([N+](=O)[O-])cn1. The van der Waals surface area contributed by atoms with E-state index in [4.69, 9.17) is 0 Å². The van der Waals surface area contributed by atoms with Gasteiger partial charge in [0.05, 0.1) is 35.2 Å². The van der Waals surface area contributed by atoms with Gasteiger partial charge in [-0.3, -0.25) is 14.8 Å². The third kappa shape index (κ3) is 2.68. The molecule has 0 fully saturated rings. The van der Waals surface area contributed by atoms with Gasteiger partial charge in [-0.15, -0.1) is 0 Å². The minimum absolute atomic E-state index is 0.0866. The average molecular weight is 301 g/mol. The van der Waals surface area contributed by atoms with Gasteiger partial charge < -0.3 is 9.67 Å². The Labute approximate surface area is 125 Å². The van der Waals surface area contributed by atoms with Crippen molar-refractivity contribution in [3.05, 3.63) is 52.6 Å². The number of fused-ring (bicyclic) bond motifs is 1. The fourth-order valence-corrected chi connectivity index (χ4v) is 2.46. The van der Waals surface area contributed by atoms with Crippen LogP contribution < -0.4 is 0 Å². The van der Waals surface area contributed by atoms with Gasteiger partial charge in [0.25, 0.3) is 0 Å². The number of aliphatic hydroxyl groups is 1. The van der Waals surface area contributed by atoms with E-state index >= 15 is 0 Å². The molecule has 0 saturated heterocycles. The number of aromatic nitrogens is 4. The largest absolute Gasteiger partial charge is 0.389 e. The molecule has 0 aliphatic rings. The van der Waals surface area contributed by atoms with Gasteiger partial charge in [-0.25, -0.2) is 4.98 Å². The number of imidazole rings is 1. The molecule has 0 aliphatic carbocycles. The summed E-state index contributed by atoms with van der Waals surface area (Å²) in [4.78, 5) is 14.6. The number of aryl methyl sites for hydroxylation is 1. The van der Waals surface area contributed by atoms with Crippen LogP contribution in [0.2, 0.25) is 0 Å². The Morgan fingerprint density at radius 3 is 2.86 bits per heavy atom. The van der Waals surface area contributed by atoms with Crippen molar-refractivity contribution in [2.24, 2.45) is 0 Å². The van der Waals surface area contributed by atoms with E-state index in [0.29, 0.717) is 6.54 Å². The van der Waals surface area contributed by atoms with Gasteiger partial charge in [0, 0.05) is 0 Å². The van der Waals surface area contributed by atoms with Crippen molar-refractivity contribution < 1.29 is 10.0 Å². The predicted octanol–water partition coefficient (Wildman–Crippen LogP) is 1.51. The van der Waals surface area contributed by atoms with E-state index in [1.165, 1.54) is 17.1 Å². The highest BCUT2D eigenvalue weighted by Crippen LogP contribution is 2.16. The molecule has 0 bridgehead atoms. The second-order valence-corrected chi connectivity index (χ2v) is 5.09. The quantitative estimate of drug-likeness (QED) is 0.569. The van der Waals surface area contributed by atoms with Crippen molar-refractivity contribution in [3.8, 4) is 0 Å². The molecule has 8 heteroatoms. The molecule has 2 heterocycles. The van der Waals surface area contributed by atoms with Gasteiger partial charge in [0.2, 0.25) is 0 Å². The lowest BCUT2D eigenvalue weighted by molar-refractivity contribution is -0.385. The zero-order valence-corrected chi connectivity index (χ0v) is 12.0. The van der Waals surface area contributed by atoms with E-state index in [0.717, 1.165) is 16.9 Å². The van der Waals surface area contributed by atoms with Crippen LogP contribution in [0, 0.1) is 17.0 Å². The van der Waals surface area contributed by atoms with E-state index in [1.54, 1.807) is 0 Å². The maximum atomic E-state index is 10.6. The number of para-hydroxylation sites is 2. The molecule has 8 nitrogen and oxygen atoms in total. The van der Waals surface area contributed by atoms with Gasteiger partial charge in [-0.2, -0.15) is 5.10 Å². The minimum Gasteiger partial charge on any atom is -0.389 e. The molecule has 0 amide bonds. The second kappa shape index (κ2) is 5.57. The number of nitrogens with zero attached hydrogens (tertiary/aromatic N) is 5. The maximum Gasteiger partial charge on any atom is 0.306 e. The summed E-state index contributed by atoms with van der Waals surface area (Å²) in [6.07, 6.45) is 1.75. The van der Waals surface area contributed by atoms with E-state index in [-0.39, 0.29) is 12.2 Å². The smallest absolute Gasteiger partial charge is 0.306 e. The first kappa shape index (κ1) is 14.2. The Morgan fingerprint density at radius 1 is 1.36 bits per heavy atom. The van der Waals surface area contributed by atoms with E-state index < -0.39 is 11.0 Å². The summed E-state index contributed by atoms with van der Waals surface area (Å²) >= 11 is 0. The highest BCUT2D eigenvalue weighted by molar-refractivity contribution is 5.75. The Balaban J connectivity index is 1.76. The molecule has 1 N–H and O–H groups in total. The highest BCUT2D eigenvalue weighted by atomic mass is 16.6. The average Bonchev–Trinajstić information content (AvgIpc) is 3.05. The van der Waals surface area contributed by atoms with Crippen molar-refractivity contribution in [1.82, 2.24) is 19.3 Å². The standard InChI is InChI=1S/C14H15N5O3/c1-10-16-13-4-2-3-5-14(13)18(10)9-12(20)8-17-7-11(6-15-17)19(21)22/h2-7,12,20H,8-9H2,1H3/t12-/m1/s1. The van der Waals surface area contributed by atoms with E-state index in [2.05, 4.69) is 10.1 Å². The van der Waals surface area contributed by atoms with Crippen LogP contribution in [0.15, 0.2) is 36.7 Å². The summed E-state index contributed by atoms with van der Waals surface area (Å²) in [7, 11) is 0. The van der Waals surface area contributed by atoms with Crippen LogP contribution in [0.3, 0.4) is 0 Å². The van der Waals surface area contributed by atoms with Crippen LogP contribution in [0.5, 0.6) is 0 Å². The van der Waals surface area contributed by atoms with Crippen LogP contribution in [-0.2, 0) is 13.1 Å². The fourth-order valence-electron chi connectivity index (χ4n) is 2.46. The topological polar surface area (TPSA) is 99.0 Å². The van der Waals surface area contributed by atoms with Crippen LogP contribution in [-0.4, -0.2) is 35.5 Å². The molecular weight excluding hydrogens is 286 g/mol. The number of hydrogen-bond donors (Lipinski definition) is 1. The van der Waals surface area contributed by atoms with Crippen molar-refractivity contribution in [3.63, 3.8) is 0 Å². The van der Waals surface area contributed by atoms with E-state index in [9.17, 15) is 15.2 Å². The van der Waals surface area contributed by atoms with Crippen LogP contribution in [0.4, 0.5) is 5.69 Å². The number of benzene rings is 1. The summed E-state index contributed by atoms with van der Waals surface area (Å²) in [6.45, 7) is 2.41. The molecule has 1 aromatic carbocycles. The lowest BCUT2D eigenvalue weighted by atomic mass is 10.3. The van der Waals surface area contributed by atoms with Crippen molar-refractivity contribution >= 4 is 16.7 Å². The van der Waals surface area contributed by atoms with Gasteiger partial charge in [0.1, 0.15) is 18.2 Å². The number of aliphatic hydroxyl groups excluding tert-OH is 1. The zero-order chi connectivity index (χ0) is 15.7. The van der Waals surface area contributed by atoms with Crippen LogP contribution >= 0.6 is 0 Å². The Kier molecular flexibility index (Phi) is 3.60. The van der Waals surface area contributed by atoms with Crippen molar-refractivity contribution in [2.45, 2.75) is 26.1 Å². The molecule has 3 aromatic rings. The summed E-state index contributed by atoms with van der Waals surface area (Å²) in [5.41, 5.74) is 1.74. The summed E-state index contributed by atoms with van der Waals surface area (Å²) in [6, 6.07) is 7.70. The molecule has 2 aromatic heterocycles. The summed E-state index contributed by atoms with van der Waals surface area (Å²) in [5.74, 6) is 0.812. The monoisotopic (exact) mass is 301 g/mol. The zero-order valence-electron chi connectivity index (χ0n) is 12.0. The molecule has 0 radical (unpaired) electrons. The fraction of sp³-hybridized carbons (Fsp3) is 0.286. The number of nitro groups is 1. The molecule has 0 spiro atoms. The molecule has 3 rings (SSSR count). The molecule has 0 saturated carbocycles. The summed E-state index contributed by atoms with van der Waals surface area (Å²) in [5, 5.41) is 24.7. The first-order chi connectivity index (χ1) is 10.5. The highest BCUT2D eigenvalue weighted by Gasteiger charge is 2.14.